The van der Waals surface area contributed by atoms with Crippen LogP contribution in [0.1, 0.15) is 31.0 Å². The largest absolute Gasteiger partial charge is 0.467 e. The molecule has 2 aromatic carbocycles. The van der Waals surface area contributed by atoms with Crippen molar-refractivity contribution in [2.24, 2.45) is 0 Å². The van der Waals surface area contributed by atoms with Crippen molar-refractivity contribution in [1.29, 1.82) is 0 Å². The summed E-state index contributed by atoms with van der Waals surface area (Å²) in [5, 5.41) is 4.44. The third-order valence-corrected chi connectivity index (χ3v) is 7.74. The maximum Gasteiger partial charge on any atom is 0.328 e. The Hall–Kier alpha value is -3.86. The number of hydrogen-bond donors (Lipinski definition) is 2. The van der Waals surface area contributed by atoms with Crippen molar-refractivity contribution in [2.45, 2.75) is 37.8 Å². The van der Waals surface area contributed by atoms with E-state index in [2.05, 4.69) is 15.3 Å². The Bertz CT molecular complexity index is 1340. The van der Waals surface area contributed by atoms with Gasteiger partial charge >= 0.3 is 12.0 Å². The lowest BCUT2D eigenvalue weighted by molar-refractivity contribution is -0.145. The van der Waals surface area contributed by atoms with Gasteiger partial charge in [-0.3, -0.25) is 19.4 Å². The van der Waals surface area contributed by atoms with Crippen LogP contribution in [0, 0.1) is 0 Å². The fourth-order valence-electron chi connectivity index (χ4n) is 5.00. The fourth-order valence-corrected chi connectivity index (χ4v) is 5.47. The summed E-state index contributed by atoms with van der Waals surface area (Å²) in [5.41, 5.74) is 0.111. The average Bonchev–Trinajstić information content (AvgIpc) is 3.53. The zero-order chi connectivity index (χ0) is 28.0. The van der Waals surface area contributed by atoms with Crippen LogP contribution >= 0.6 is 11.8 Å². The number of aromatic nitrogens is 2. The average molecular weight is 552 g/mol. The number of aromatic amines is 1. The highest BCUT2D eigenvalue weighted by atomic mass is 32.2. The minimum Gasteiger partial charge on any atom is -0.467 e. The van der Waals surface area contributed by atoms with Crippen LogP contribution in [0.5, 0.6) is 0 Å². The van der Waals surface area contributed by atoms with Gasteiger partial charge in [0.05, 0.1) is 13.4 Å². The number of imide groups is 1. The van der Waals surface area contributed by atoms with Gasteiger partial charge in [0.25, 0.3) is 5.91 Å². The van der Waals surface area contributed by atoms with Gasteiger partial charge in [-0.2, -0.15) is 11.8 Å². The molecule has 1 aliphatic rings. The lowest BCUT2D eigenvalue weighted by atomic mass is 9.86. The van der Waals surface area contributed by atoms with Crippen LogP contribution in [0.2, 0.25) is 0 Å². The predicted octanol–water partition coefficient (Wildman–Crippen LogP) is 3.09. The van der Waals surface area contributed by atoms with E-state index in [0.717, 1.165) is 16.5 Å². The zero-order valence-corrected chi connectivity index (χ0v) is 23.1. The number of methoxy groups -OCH3 is 1. The first-order valence-corrected chi connectivity index (χ1v) is 14.2. The number of fused-ring (bicyclic) bond motifs is 1. The molecule has 4 rings (SSSR count). The lowest BCUT2D eigenvalue weighted by Gasteiger charge is -2.33. The smallest absolute Gasteiger partial charge is 0.328 e. The summed E-state index contributed by atoms with van der Waals surface area (Å²) in [7, 11) is 1.27. The molecule has 0 spiro atoms. The molecule has 11 heteroatoms. The summed E-state index contributed by atoms with van der Waals surface area (Å²) >= 11 is 1.54. The summed E-state index contributed by atoms with van der Waals surface area (Å²) in [5.74, 6) is -0.857. The number of thioether (sulfide) groups is 1. The standard InChI is InChI=1S/C28H33N5O5S/c1-28(22-12-6-9-19-8-4-5-11-21(19)22)26(36)32(14-7-10-20-16-29-18-30-20)27(37)33(28)17-24(34)31-23(13-15-39-3)25(35)38-2/h4-6,8-9,11-12,16,18,23H,7,10,13-15,17H2,1-3H3,(H,29,30)(H,31,34)/t23-,28?/m0/s1. The van der Waals surface area contributed by atoms with Crippen molar-refractivity contribution in [3.8, 4) is 0 Å². The van der Waals surface area contributed by atoms with Gasteiger partial charge in [0.2, 0.25) is 5.91 Å². The zero-order valence-electron chi connectivity index (χ0n) is 22.3. The highest BCUT2D eigenvalue weighted by molar-refractivity contribution is 7.98. The number of carbonyl (C=O) groups excluding carboxylic acids is 4. The van der Waals surface area contributed by atoms with Crippen LogP contribution < -0.4 is 5.32 Å². The molecule has 0 radical (unpaired) electrons. The van der Waals surface area contributed by atoms with E-state index in [1.54, 1.807) is 31.2 Å². The summed E-state index contributed by atoms with van der Waals surface area (Å²) in [6, 6.07) is 11.8. The molecule has 2 heterocycles. The Kier molecular flexibility index (Phi) is 8.90. The molecule has 1 saturated heterocycles. The number of H-pyrrole nitrogens is 1. The number of aryl methyl sites for hydroxylation is 1. The van der Waals surface area contributed by atoms with Crippen LogP contribution in [-0.4, -0.2) is 81.8 Å². The third kappa shape index (κ3) is 5.78. The number of carbonyl (C=O) groups is 4. The molecule has 1 aromatic heterocycles. The number of benzene rings is 2. The molecule has 0 aliphatic carbocycles. The Morgan fingerprint density at radius 1 is 1.18 bits per heavy atom. The number of nitrogens with one attached hydrogen (secondary N) is 2. The minimum atomic E-state index is -1.43. The molecule has 1 unspecified atom stereocenters. The van der Waals surface area contributed by atoms with Crippen LogP contribution in [0.15, 0.2) is 55.0 Å². The van der Waals surface area contributed by atoms with Gasteiger partial charge in [0.1, 0.15) is 18.1 Å². The fraction of sp³-hybridized carbons (Fsp3) is 0.393. The molecule has 1 fully saturated rings. The van der Waals surface area contributed by atoms with Crippen molar-refractivity contribution >= 4 is 46.3 Å². The first-order chi connectivity index (χ1) is 18.8. The van der Waals surface area contributed by atoms with Crippen molar-refractivity contribution < 1.29 is 23.9 Å². The normalized spacial score (nSPS) is 18.0. The van der Waals surface area contributed by atoms with Crippen LogP contribution in [-0.2, 0) is 31.1 Å². The summed E-state index contributed by atoms with van der Waals surface area (Å²) in [4.78, 5) is 62.9. The van der Waals surface area contributed by atoms with Crippen molar-refractivity contribution in [3.05, 3.63) is 66.2 Å². The number of hydrogen-bond acceptors (Lipinski definition) is 7. The monoisotopic (exact) mass is 551 g/mol. The van der Waals surface area contributed by atoms with Crippen LogP contribution in [0.4, 0.5) is 4.79 Å². The van der Waals surface area contributed by atoms with E-state index in [-0.39, 0.29) is 6.54 Å². The van der Waals surface area contributed by atoms with Gasteiger partial charge in [-0.1, -0.05) is 42.5 Å². The summed E-state index contributed by atoms with van der Waals surface area (Å²) in [6.07, 6.45) is 6.72. The quantitative estimate of drug-likeness (QED) is 0.262. The van der Waals surface area contributed by atoms with E-state index < -0.39 is 41.9 Å². The number of ether oxygens (including phenoxy) is 1. The Morgan fingerprint density at radius 2 is 1.95 bits per heavy atom. The number of amides is 4. The van der Waals surface area contributed by atoms with E-state index in [1.807, 2.05) is 48.7 Å². The first kappa shape index (κ1) is 28.2. The molecular weight excluding hydrogens is 518 g/mol. The molecule has 4 amide bonds. The topological polar surface area (TPSA) is 125 Å². The summed E-state index contributed by atoms with van der Waals surface area (Å²) in [6.45, 7) is 1.48. The second-order valence-electron chi connectivity index (χ2n) is 9.53. The van der Waals surface area contributed by atoms with Gasteiger partial charge in [0, 0.05) is 18.4 Å². The van der Waals surface area contributed by atoms with E-state index in [9.17, 15) is 19.2 Å². The van der Waals surface area contributed by atoms with Gasteiger partial charge in [-0.15, -0.1) is 0 Å². The van der Waals surface area contributed by atoms with E-state index in [4.69, 9.17) is 4.74 Å². The number of nitrogens with zero attached hydrogens (tertiary/aromatic N) is 3. The highest BCUT2D eigenvalue weighted by Gasteiger charge is 2.56. The molecule has 39 heavy (non-hydrogen) atoms. The molecule has 0 saturated carbocycles. The minimum absolute atomic E-state index is 0.188. The Morgan fingerprint density at radius 3 is 2.67 bits per heavy atom. The van der Waals surface area contributed by atoms with Crippen LogP contribution in [0.25, 0.3) is 10.8 Å². The molecule has 3 aromatic rings. The lowest BCUT2D eigenvalue weighted by Crippen LogP contribution is -2.51. The van der Waals surface area contributed by atoms with Gasteiger partial charge in [-0.05, 0) is 54.5 Å². The number of urea groups is 1. The van der Waals surface area contributed by atoms with Gasteiger partial charge < -0.3 is 15.0 Å². The number of imidazole rings is 1. The van der Waals surface area contributed by atoms with Crippen molar-refractivity contribution in [3.63, 3.8) is 0 Å². The van der Waals surface area contributed by atoms with E-state index in [0.29, 0.717) is 30.6 Å². The highest BCUT2D eigenvalue weighted by Crippen LogP contribution is 2.40. The summed E-state index contributed by atoms with van der Waals surface area (Å²) < 4.78 is 4.86. The maximum atomic E-state index is 14.0. The second-order valence-corrected chi connectivity index (χ2v) is 10.5. The third-order valence-electron chi connectivity index (χ3n) is 7.09. The molecular formula is C28H33N5O5S. The molecule has 2 atom stereocenters. The molecule has 2 N–H and O–H groups in total. The van der Waals surface area contributed by atoms with E-state index >= 15 is 0 Å². The van der Waals surface area contributed by atoms with Crippen molar-refractivity contribution in [2.75, 3.05) is 32.2 Å². The predicted molar refractivity (Wildman–Crippen MR) is 149 cm³/mol. The number of esters is 1. The SMILES string of the molecule is COC(=O)[C@H](CCSC)NC(=O)CN1C(=O)N(CCCc2cnc[nH]2)C(=O)C1(C)c1cccc2ccccc12. The molecule has 1 aliphatic heterocycles. The Labute approximate surface area is 231 Å². The second kappa shape index (κ2) is 12.3. The Balaban J connectivity index is 1.65. The molecule has 10 nitrogen and oxygen atoms in total. The number of rotatable bonds is 12. The maximum absolute atomic E-state index is 14.0. The molecule has 0 bridgehead atoms. The molecule has 206 valence electrons. The van der Waals surface area contributed by atoms with Gasteiger partial charge in [-0.25, -0.2) is 14.6 Å². The van der Waals surface area contributed by atoms with Crippen LogP contribution in [0.3, 0.4) is 0 Å². The first-order valence-electron chi connectivity index (χ1n) is 12.8. The van der Waals surface area contributed by atoms with E-state index in [1.165, 1.54) is 16.9 Å². The van der Waals surface area contributed by atoms with Gasteiger partial charge in [0.15, 0.2) is 0 Å². The van der Waals surface area contributed by atoms with Crippen molar-refractivity contribution in [1.82, 2.24) is 25.1 Å².